The summed E-state index contributed by atoms with van der Waals surface area (Å²) in [4.78, 5) is 12.8. The van der Waals surface area contributed by atoms with Gasteiger partial charge in [-0.1, -0.05) is 19.9 Å². The second-order valence-electron chi connectivity index (χ2n) is 6.84. The minimum Gasteiger partial charge on any atom is -0.495 e. The molecule has 2 rings (SSSR count). The van der Waals surface area contributed by atoms with E-state index in [4.69, 9.17) is 9.47 Å². The average molecular weight is 358 g/mol. The number of benzene rings is 1. The summed E-state index contributed by atoms with van der Waals surface area (Å²) in [5.74, 6) is 1.03. The molecule has 0 aliphatic heterocycles. The number of hydrogen-bond donors (Lipinski definition) is 1. The zero-order valence-electron chi connectivity index (χ0n) is 16.6. The van der Waals surface area contributed by atoms with Crippen LogP contribution >= 0.6 is 0 Å². The van der Waals surface area contributed by atoms with Crippen LogP contribution in [0.1, 0.15) is 44.7 Å². The fourth-order valence-electron chi connectivity index (χ4n) is 3.12. The van der Waals surface area contributed by atoms with Crippen molar-refractivity contribution in [3.8, 4) is 16.9 Å². The molecule has 0 fully saturated rings. The van der Waals surface area contributed by atoms with Crippen molar-refractivity contribution in [2.75, 3.05) is 33.2 Å². The van der Waals surface area contributed by atoms with Crippen LogP contribution in [0.2, 0.25) is 0 Å². The quantitative estimate of drug-likeness (QED) is 0.765. The van der Waals surface area contributed by atoms with Gasteiger partial charge in [-0.05, 0) is 42.5 Å². The summed E-state index contributed by atoms with van der Waals surface area (Å²) in [6, 6.07) is 7.96. The van der Waals surface area contributed by atoms with Crippen LogP contribution in [-0.2, 0) is 4.74 Å². The van der Waals surface area contributed by atoms with Crippen molar-refractivity contribution in [3.63, 3.8) is 0 Å². The first kappa shape index (κ1) is 20.0. The van der Waals surface area contributed by atoms with Gasteiger partial charge < -0.3 is 19.4 Å². The topological polar surface area (TPSA) is 52.5 Å². The van der Waals surface area contributed by atoms with Gasteiger partial charge >= 0.3 is 0 Å². The van der Waals surface area contributed by atoms with Gasteiger partial charge in [0.1, 0.15) is 5.75 Å². The second-order valence-corrected chi connectivity index (χ2v) is 6.84. The molecule has 0 saturated carbocycles. The molecule has 0 saturated heterocycles. The van der Waals surface area contributed by atoms with E-state index in [9.17, 15) is 4.79 Å². The Morgan fingerprint density at radius 2 is 1.85 bits per heavy atom. The number of methoxy groups -OCH3 is 2. The third kappa shape index (κ3) is 4.28. The van der Waals surface area contributed by atoms with Crippen molar-refractivity contribution in [2.24, 2.45) is 0 Å². The lowest BCUT2D eigenvalue weighted by atomic mass is 9.92. The van der Waals surface area contributed by atoms with Gasteiger partial charge in [-0.2, -0.15) is 0 Å². The molecule has 5 heteroatoms. The van der Waals surface area contributed by atoms with Crippen LogP contribution in [0.5, 0.6) is 5.75 Å². The summed E-state index contributed by atoms with van der Waals surface area (Å²) in [6.07, 6.45) is 2.58. The standard InChI is InChI=1S/C21H30N2O3/c1-14(2)17-8-7-16(22-4)11-18(17)19-12-21(24)23(13-20(19)26-6)15(3)9-10-25-5/h7-8,11-15,22H,9-10H2,1-6H3. The van der Waals surface area contributed by atoms with Crippen molar-refractivity contribution in [3.05, 3.63) is 46.4 Å². The highest BCUT2D eigenvalue weighted by atomic mass is 16.5. The van der Waals surface area contributed by atoms with Crippen LogP contribution < -0.4 is 15.6 Å². The van der Waals surface area contributed by atoms with Gasteiger partial charge in [0.15, 0.2) is 0 Å². The molecule has 0 aliphatic rings. The maximum Gasteiger partial charge on any atom is 0.251 e. The Kier molecular flexibility index (Phi) is 6.86. The van der Waals surface area contributed by atoms with Gasteiger partial charge in [-0.3, -0.25) is 4.79 Å². The molecule has 0 radical (unpaired) electrons. The maximum atomic E-state index is 12.8. The lowest BCUT2D eigenvalue weighted by Gasteiger charge is -2.20. The van der Waals surface area contributed by atoms with E-state index in [0.29, 0.717) is 18.3 Å². The Bertz CT molecular complexity index is 796. The van der Waals surface area contributed by atoms with Crippen molar-refractivity contribution in [1.29, 1.82) is 0 Å². The highest BCUT2D eigenvalue weighted by molar-refractivity contribution is 5.76. The minimum absolute atomic E-state index is 0.0334. The van der Waals surface area contributed by atoms with Gasteiger partial charge in [-0.15, -0.1) is 0 Å². The number of pyridine rings is 1. The Hall–Kier alpha value is -2.27. The fraction of sp³-hybridized carbons (Fsp3) is 0.476. The van der Waals surface area contributed by atoms with Crippen LogP contribution in [0.15, 0.2) is 35.3 Å². The highest BCUT2D eigenvalue weighted by Gasteiger charge is 2.17. The molecular weight excluding hydrogens is 328 g/mol. The molecule has 5 nitrogen and oxygen atoms in total. The summed E-state index contributed by atoms with van der Waals surface area (Å²) in [6.45, 7) is 6.93. The van der Waals surface area contributed by atoms with E-state index < -0.39 is 0 Å². The van der Waals surface area contributed by atoms with E-state index in [0.717, 1.165) is 23.2 Å². The summed E-state index contributed by atoms with van der Waals surface area (Å²) in [5, 5.41) is 3.17. The predicted octanol–water partition coefficient (Wildman–Crippen LogP) is 4.29. The first-order valence-electron chi connectivity index (χ1n) is 9.04. The number of anilines is 1. The minimum atomic E-state index is -0.0334. The molecule has 0 spiro atoms. The van der Waals surface area contributed by atoms with Crippen molar-refractivity contribution in [2.45, 2.75) is 39.2 Å². The molecule has 1 atom stereocenters. The summed E-state index contributed by atoms with van der Waals surface area (Å²) in [7, 11) is 5.20. The fourth-order valence-corrected chi connectivity index (χ4v) is 3.12. The largest absolute Gasteiger partial charge is 0.495 e. The van der Waals surface area contributed by atoms with Crippen LogP contribution in [0.3, 0.4) is 0 Å². The lowest BCUT2D eigenvalue weighted by Crippen LogP contribution is -2.23. The number of ether oxygens (including phenoxy) is 2. The second kappa shape index (κ2) is 8.90. The van der Waals surface area contributed by atoms with Crippen LogP contribution in [0, 0.1) is 0 Å². The Labute approximate surface area is 156 Å². The molecule has 1 unspecified atom stereocenters. The summed E-state index contributed by atoms with van der Waals surface area (Å²) < 4.78 is 12.5. The molecule has 26 heavy (non-hydrogen) atoms. The van der Waals surface area contributed by atoms with Gasteiger partial charge in [0.25, 0.3) is 5.56 Å². The smallest absolute Gasteiger partial charge is 0.251 e. The zero-order valence-corrected chi connectivity index (χ0v) is 16.6. The number of rotatable bonds is 8. The van der Waals surface area contributed by atoms with Gasteiger partial charge in [-0.25, -0.2) is 0 Å². The van der Waals surface area contributed by atoms with Gasteiger partial charge in [0.05, 0.1) is 13.3 Å². The third-order valence-electron chi connectivity index (χ3n) is 4.73. The Balaban J connectivity index is 2.61. The van der Waals surface area contributed by atoms with E-state index in [1.165, 1.54) is 5.56 Å². The average Bonchev–Trinajstić information content (AvgIpc) is 2.65. The molecule has 0 amide bonds. The molecule has 1 heterocycles. The molecule has 0 bridgehead atoms. The monoisotopic (exact) mass is 358 g/mol. The Morgan fingerprint density at radius 3 is 2.42 bits per heavy atom. The number of nitrogens with one attached hydrogen (secondary N) is 1. The SMILES string of the molecule is CNc1ccc(C(C)C)c(-c2cc(=O)n(C(C)CCOC)cc2OC)c1. The predicted molar refractivity (Wildman–Crippen MR) is 108 cm³/mol. The van der Waals surface area contributed by atoms with Crippen LogP contribution in [-0.4, -0.2) is 32.4 Å². The zero-order chi connectivity index (χ0) is 19.3. The highest BCUT2D eigenvalue weighted by Crippen LogP contribution is 2.36. The first-order valence-corrected chi connectivity index (χ1v) is 9.04. The van der Waals surface area contributed by atoms with E-state index in [1.54, 1.807) is 24.9 Å². The maximum absolute atomic E-state index is 12.8. The van der Waals surface area contributed by atoms with Crippen LogP contribution in [0.4, 0.5) is 5.69 Å². The normalized spacial score (nSPS) is 12.3. The molecule has 142 valence electrons. The first-order chi connectivity index (χ1) is 12.4. The van der Waals surface area contributed by atoms with E-state index in [2.05, 4.69) is 37.4 Å². The number of nitrogens with zero attached hydrogens (tertiary/aromatic N) is 1. The van der Waals surface area contributed by atoms with Crippen molar-refractivity contribution in [1.82, 2.24) is 4.57 Å². The molecule has 1 aromatic carbocycles. The van der Waals surface area contributed by atoms with Crippen molar-refractivity contribution < 1.29 is 9.47 Å². The molecule has 1 N–H and O–H groups in total. The lowest BCUT2D eigenvalue weighted by molar-refractivity contribution is 0.180. The Morgan fingerprint density at radius 1 is 1.12 bits per heavy atom. The van der Waals surface area contributed by atoms with E-state index >= 15 is 0 Å². The molecule has 2 aromatic rings. The van der Waals surface area contributed by atoms with Gasteiger partial charge in [0.2, 0.25) is 0 Å². The van der Waals surface area contributed by atoms with Gasteiger partial charge in [0, 0.05) is 44.1 Å². The molecular formula is C21H30N2O3. The van der Waals surface area contributed by atoms with E-state index in [1.807, 2.05) is 20.2 Å². The summed E-state index contributed by atoms with van der Waals surface area (Å²) in [5.41, 5.74) is 4.01. The van der Waals surface area contributed by atoms with Crippen LogP contribution in [0.25, 0.3) is 11.1 Å². The molecule has 0 aliphatic carbocycles. The molecule has 1 aromatic heterocycles. The third-order valence-corrected chi connectivity index (χ3v) is 4.73. The number of aromatic nitrogens is 1. The number of hydrogen-bond acceptors (Lipinski definition) is 4. The summed E-state index contributed by atoms with van der Waals surface area (Å²) >= 11 is 0. The van der Waals surface area contributed by atoms with E-state index in [-0.39, 0.29) is 11.6 Å². The van der Waals surface area contributed by atoms with Crippen molar-refractivity contribution >= 4 is 5.69 Å².